The fourth-order valence-corrected chi connectivity index (χ4v) is 2.35. The summed E-state index contributed by atoms with van der Waals surface area (Å²) in [5.74, 6) is 1.36. The number of carbonyl (C=O) groups excluding carboxylic acids is 1. The third kappa shape index (κ3) is 3.49. The van der Waals surface area contributed by atoms with Gasteiger partial charge in [0.05, 0.1) is 5.92 Å². The van der Waals surface area contributed by atoms with Gasteiger partial charge in [-0.05, 0) is 38.6 Å². The van der Waals surface area contributed by atoms with E-state index < -0.39 is 0 Å². The minimum atomic E-state index is 0.209. The van der Waals surface area contributed by atoms with Crippen LogP contribution in [0.25, 0.3) is 0 Å². The summed E-state index contributed by atoms with van der Waals surface area (Å²) in [4.78, 5) is 11.9. The van der Waals surface area contributed by atoms with Gasteiger partial charge in [-0.3, -0.25) is 4.79 Å². The van der Waals surface area contributed by atoms with E-state index in [4.69, 9.17) is 0 Å². The van der Waals surface area contributed by atoms with Gasteiger partial charge in [0.15, 0.2) is 0 Å². The topological polar surface area (TPSA) is 41.1 Å². The Kier molecular flexibility index (Phi) is 3.62. The number of piperidine rings is 1. The van der Waals surface area contributed by atoms with Crippen LogP contribution in [0.2, 0.25) is 0 Å². The molecule has 15 heavy (non-hydrogen) atoms. The number of rotatable bonds is 4. The number of nitrogens with one attached hydrogen (secondary N) is 2. The maximum Gasteiger partial charge on any atom is 0.224 e. The molecule has 1 saturated heterocycles. The highest BCUT2D eigenvalue weighted by molar-refractivity contribution is 5.79. The largest absolute Gasteiger partial charge is 0.353 e. The summed E-state index contributed by atoms with van der Waals surface area (Å²) in [5.41, 5.74) is 0. The molecule has 0 aromatic carbocycles. The predicted molar refractivity (Wildman–Crippen MR) is 60.5 cm³/mol. The predicted octanol–water partition coefficient (Wildman–Crippen LogP) is 1.29. The third-order valence-corrected chi connectivity index (χ3v) is 3.44. The second kappa shape index (κ2) is 4.97. The van der Waals surface area contributed by atoms with Crippen molar-refractivity contribution in [1.82, 2.24) is 10.6 Å². The van der Waals surface area contributed by atoms with Crippen molar-refractivity contribution < 1.29 is 4.79 Å². The Labute approximate surface area is 92.0 Å². The monoisotopic (exact) mass is 210 g/mol. The molecule has 2 aliphatic rings. The SMILES string of the molecule is CC(CC1CC1)NC(=O)C1CCCNC1. The lowest BCUT2D eigenvalue weighted by Gasteiger charge is -2.24. The van der Waals surface area contributed by atoms with Crippen LogP contribution < -0.4 is 10.6 Å². The minimum Gasteiger partial charge on any atom is -0.353 e. The summed E-state index contributed by atoms with van der Waals surface area (Å²) in [5, 5.41) is 6.42. The third-order valence-electron chi connectivity index (χ3n) is 3.44. The number of hydrogen-bond donors (Lipinski definition) is 2. The van der Waals surface area contributed by atoms with Gasteiger partial charge >= 0.3 is 0 Å². The second-order valence-electron chi connectivity index (χ2n) is 5.13. The van der Waals surface area contributed by atoms with Crippen molar-refractivity contribution in [3.8, 4) is 0 Å². The molecular formula is C12H22N2O. The van der Waals surface area contributed by atoms with Crippen molar-refractivity contribution in [2.75, 3.05) is 13.1 Å². The molecule has 2 unspecified atom stereocenters. The Morgan fingerprint density at radius 1 is 1.47 bits per heavy atom. The van der Waals surface area contributed by atoms with Crippen LogP contribution in [0.5, 0.6) is 0 Å². The first-order valence-corrected chi connectivity index (χ1v) is 6.27. The van der Waals surface area contributed by atoms with Gasteiger partial charge in [0.25, 0.3) is 0 Å². The smallest absolute Gasteiger partial charge is 0.224 e. The molecule has 0 aromatic rings. The van der Waals surface area contributed by atoms with Gasteiger partial charge in [0.2, 0.25) is 5.91 Å². The zero-order valence-corrected chi connectivity index (χ0v) is 9.59. The minimum absolute atomic E-state index is 0.209. The molecule has 1 saturated carbocycles. The summed E-state index contributed by atoms with van der Waals surface area (Å²) in [7, 11) is 0. The van der Waals surface area contributed by atoms with Crippen LogP contribution in [0.15, 0.2) is 0 Å². The van der Waals surface area contributed by atoms with Gasteiger partial charge in [-0.25, -0.2) is 0 Å². The van der Waals surface area contributed by atoms with Crippen molar-refractivity contribution in [2.24, 2.45) is 11.8 Å². The highest BCUT2D eigenvalue weighted by Gasteiger charge is 2.26. The number of carbonyl (C=O) groups is 1. The van der Waals surface area contributed by atoms with Gasteiger partial charge in [0.1, 0.15) is 0 Å². The molecule has 3 nitrogen and oxygen atoms in total. The number of hydrogen-bond acceptors (Lipinski definition) is 2. The fourth-order valence-electron chi connectivity index (χ4n) is 2.35. The van der Waals surface area contributed by atoms with E-state index >= 15 is 0 Å². The van der Waals surface area contributed by atoms with Crippen molar-refractivity contribution in [3.05, 3.63) is 0 Å². The number of amides is 1. The average molecular weight is 210 g/mol. The molecule has 86 valence electrons. The van der Waals surface area contributed by atoms with E-state index in [-0.39, 0.29) is 11.8 Å². The fraction of sp³-hybridized carbons (Fsp3) is 0.917. The van der Waals surface area contributed by atoms with Gasteiger partial charge < -0.3 is 10.6 Å². The van der Waals surface area contributed by atoms with Gasteiger partial charge in [-0.2, -0.15) is 0 Å². The summed E-state index contributed by atoms with van der Waals surface area (Å²) in [6.07, 6.45) is 6.09. The highest BCUT2D eigenvalue weighted by atomic mass is 16.1. The molecule has 0 bridgehead atoms. The van der Waals surface area contributed by atoms with E-state index in [1.165, 1.54) is 19.3 Å². The van der Waals surface area contributed by atoms with E-state index in [1.54, 1.807) is 0 Å². The lowest BCUT2D eigenvalue weighted by atomic mass is 9.98. The molecule has 0 aromatic heterocycles. The van der Waals surface area contributed by atoms with Crippen LogP contribution in [0.4, 0.5) is 0 Å². The first-order chi connectivity index (χ1) is 7.25. The van der Waals surface area contributed by atoms with Crippen molar-refractivity contribution in [3.63, 3.8) is 0 Å². The average Bonchev–Trinajstić information content (AvgIpc) is 3.03. The van der Waals surface area contributed by atoms with Crippen LogP contribution in [0, 0.1) is 11.8 Å². The molecule has 1 amide bonds. The van der Waals surface area contributed by atoms with Gasteiger partial charge in [0, 0.05) is 12.6 Å². The second-order valence-corrected chi connectivity index (χ2v) is 5.13. The zero-order valence-electron chi connectivity index (χ0n) is 9.59. The van der Waals surface area contributed by atoms with Crippen molar-refractivity contribution in [1.29, 1.82) is 0 Å². The summed E-state index contributed by atoms with van der Waals surface area (Å²) >= 11 is 0. The lowest BCUT2D eigenvalue weighted by molar-refractivity contribution is -0.126. The first-order valence-electron chi connectivity index (χ1n) is 6.27. The van der Waals surface area contributed by atoms with E-state index in [0.29, 0.717) is 6.04 Å². The molecule has 1 aliphatic carbocycles. The molecule has 2 rings (SSSR count). The molecule has 0 spiro atoms. The van der Waals surface area contributed by atoms with E-state index in [0.717, 1.165) is 31.8 Å². The highest BCUT2D eigenvalue weighted by Crippen LogP contribution is 2.33. The van der Waals surface area contributed by atoms with Crippen LogP contribution in [-0.4, -0.2) is 25.0 Å². The Balaban J connectivity index is 1.69. The summed E-state index contributed by atoms with van der Waals surface area (Å²) in [6, 6.07) is 0.368. The van der Waals surface area contributed by atoms with Crippen molar-refractivity contribution >= 4 is 5.91 Å². The van der Waals surface area contributed by atoms with E-state index in [9.17, 15) is 4.79 Å². The normalized spacial score (nSPS) is 28.5. The van der Waals surface area contributed by atoms with E-state index in [2.05, 4.69) is 17.6 Å². The zero-order chi connectivity index (χ0) is 10.7. The Morgan fingerprint density at radius 2 is 2.27 bits per heavy atom. The standard InChI is InChI=1S/C12H22N2O/c1-9(7-10-4-5-10)14-12(15)11-3-2-6-13-8-11/h9-11,13H,2-8H2,1H3,(H,14,15). The Morgan fingerprint density at radius 3 is 2.87 bits per heavy atom. The van der Waals surface area contributed by atoms with Gasteiger partial charge in [-0.15, -0.1) is 0 Å². The molecule has 0 radical (unpaired) electrons. The molecule has 3 heteroatoms. The maximum atomic E-state index is 11.9. The molecule has 2 fully saturated rings. The Hall–Kier alpha value is -0.570. The van der Waals surface area contributed by atoms with Crippen LogP contribution in [0.3, 0.4) is 0 Å². The molecule has 2 N–H and O–H groups in total. The lowest BCUT2D eigenvalue weighted by Crippen LogP contribution is -2.43. The first kappa shape index (κ1) is 10.9. The van der Waals surface area contributed by atoms with Gasteiger partial charge in [-0.1, -0.05) is 12.8 Å². The molecule has 2 atom stereocenters. The summed E-state index contributed by atoms with van der Waals surface area (Å²) < 4.78 is 0. The molecule has 1 heterocycles. The molecule has 1 aliphatic heterocycles. The van der Waals surface area contributed by atoms with Crippen LogP contribution in [-0.2, 0) is 4.79 Å². The van der Waals surface area contributed by atoms with Crippen molar-refractivity contribution in [2.45, 2.75) is 45.1 Å². The van der Waals surface area contributed by atoms with E-state index in [1.807, 2.05) is 0 Å². The Bertz CT molecular complexity index is 220. The maximum absolute atomic E-state index is 11.9. The van der Waals surface area contributed by atoms with Crippen LogP contribution >= 0.6 is 0 Å². The quantitative estimate of drug-likeness (QED) is 0.734. The van der Waals surface area contributed by atoms with Crippen LogP contribution in [0.1, 0.15) is 39.0 Å². The summed E-state index contributed by atoms with van der Waals surface area (Å²) in [6.45, 7) is 4.07. The molecular weight excluding hydrogens is 188 g/mol.